The van der Waals surface area contributed by atoms with Crippen molar-refractivity contribution in [1.82, 2.24) is 10.2 Å². The van der Waals surface area contributed by atoms with Crippen molar-refractivity contribution < 1.29 is 22.7 Å². The fourth-order valence-corrected chi connectivity index (χ4v) is 3.27. The Morgan fingerprint density at radius 2 is 1.59 bits per heavy atom. The number of rotatable bonds is 7. The third-order valence-electron chi connectivity index (χ3n) is 4.91. The van der Waals surface area contributed by atoms with Gasteiger partial charge in [0, 0.05) is 6.08 Å². The van der Waals surface area contributed by atoms with Gasteiger partial charge in [0.05, 0.1) is 5.56 Å². The lowest BCUT2D eigenvalue weighted by molar-refractivity contribution is -0.140. The molecule has 4 rings (SSSR count). The zero-order valence-corrected chi connectivity index (χ0v) is 17.8. The maximum atomic E-state index is 13.4. The summed E-state index contributed by atoms with van der Waals surface area (Å²) < 4.78 is 46.0. The van der Waals surface area contributed by atoms with Crippen LogP contribution in [0.2, 0.25) is 0 Å². The first-order chi connectivity index (χ1) is 16.4. The van der Waals surface area contributed by atoms with Crippen LogP contribution in [0.3, 0.4) is 0 Å². The van der Waals surface area contributed by atoms with Gasteiger partial charge in [-0.25, -0.2) is 0 Å². The van der Waals surface area contributed by atoms with E-state index in [2.05, 4.69) is 10.4 Å². The molecule has 0 fully saturated rings. The molecule has 0 atom stereocenters. The Morgan fingerprint density at radius 1 is 0.941 bits per heavy atom. The summed E-state index contributed by atoms with van der Waals surface area (Å²) in [6.07, 6.45) is -1.87. The van der Waals surface area contributed by atoms with E-state index in [1.165, 1.54) is 18.2 Å². The number of aromatic nitrogens is 2. The molecular formula is C26H20F3N3O2. The number of nitrogens with one attached hydrogen (secondary N) is 2. The standard InChI is InChI=1S/C26H20F3N3O2/c27-26(28,29)24-23(20-9-5-2-6-10-20)25(32-31-24)30-22(33)16-13-18-11-14-21(15-12-18)34-17-19-7-3-1-4-8-19/h1-16H,17H2,(H2,30,31,32,33)/b16-13+. The topological polar surface area (TPSA) is 67.0 Å². The third kappa shape index (κ3) is 5.72. The molecule has 0 aliphatic carbocycles. The lowest BCUT2D eigenvalue weighted by Crippen LogP contribution is -2.10. The van der Waals surface area contributed by atoms with E-state index in [9.17, 15) is 18.0 Å². The summed E-state index contributed by atoms with van der Waals surface area (Å²) in [5, 5.41) is 8.11. The van der Waals surface area contributed by atoms with E-state index in [0.29, 0.717) is 12.4 Å². The summed E-state index contributed by atoms with van der Waals surface area (Å²) >= 11 is 0. The fourth-order valence-electron chi connectivity index (χ4n) is 3.27. The Hall–Kier alpha value is -4.33. The average molecular weight is 463 g/mol. The monoisotopic (exact) mass is 463 g/mol. The van der Waals surface area contributed by atoms with Crippen LogP contribution in [-0.4, -0.2) is 16.1 Å². The zero-order valence-electron chi connectivity index (χ0n) is 17.8. The van der Waals surface area contributed by atoms with Gasteiger partial charge in [0.2, 0.25) is 5.91 Å². The molecule has 1 heterocycles. The van der Waals surface area contributed by atoms with E-state index in [1.807, 2.05) is 35.4 Å². The second-order valence-corrected chi connectivity index (χ2v) is 7.35. The molecule has 8 heteroatoms. The molecule has 0 aliphatic heterocycles. The number of alkyl halides is 3. The van der Waals surface area contributed by atoms with Gasteiger partial charge in [-0.05, 0) is 34.9 Å². The molecule has 0 saturated carbocycles. The van der Waals surface area contributed by atoms with Gasteiger partial charge < -0.3 is 10.1 Å². The summed E-state index contributed by atoms with van der Waals surface area (Å²) in [6, 6.07) is 24.8. The molecule has 0 unspecified atom stereocenters. The normalized spacial score (nSPS) is 11.5. The molecule has 34 heavy (non-hydrogen) atoms. The summed E-state index contributed by atoms with van der Waals surface area (Å²) in [6.45, 7) is 0.436. The van der Waals surface area contributed by atoms with E-state index < -0.39 is 17.8 Å². The Morgan fingerprint density at radius 3 is 2.24 bits per heavy atom. The third-order valence-corrected chi connectivity index (χ3v) is 4.91. The van der Waals surface area contributed by atoms with Crippen LogP contribution >= 0.6 is 0 Å². The number of carbonyl (C=O) groups excluding carboxylic acids is 1. The summed E-state index contributed by atoms with van der Waals surface area (Å²) in [5.41, 5.74) is 0.821. The molecular weight excluding hydrogens is 443 g/mol. The number of halogens is 3. The van der Waals surface area contributed by atoms with Crippen LogP contribution in [-0.2, 0) is 17.6 Å². The van der Waals surface area contributed by atoms with Crippen molar-refractivity contribution >= 4 is 17.8 Å². The molecule has 2 N–H and O–H groups in total. The number of hydrogen-bond donors (Lipinski definition) is 2. The highest BCUT2D eigenvalue weighted by atomic mass is 19.4. The van der Waals surface area contributed by atoms with Crippen LogP contribution < -0.4 is 10.1 Å². The first-order valence-electron chi connectivity index (χ1n) is 10.4. The number of hydrogen-bond acceptors (Lipinski definition) is 3. The lowest BCUT2D eigenvalue weighted by atomic mass is 10.1. The molecule has 1 amide bonds. The van der Waals surface area contributed by atoms with E-state index in [-0.39, 0.29) is 16.9 Å². The van der Waals surface area contributed by atoms with E-state index in [0.717, 1.165) is 11.1 Å². The van der Waals surface area contributed by atoms with E-state index >= 15 is 0 Å². The molecule has 5 nitrogen and oxygen atoms in total. The van der Waals surface area contributed by atoms with Crippen molar-refractivity contribution in [1.29, 1.82) is 0 Å². The van der Waals surface area contributed by atoms with Gasteiger partial charge >= 0.3 is 6.18 Å². The van der Waals surface area contributed by atoms with Crippen LogP contribution in [0, 0.1) is 0 Å². The largest absolute Gasteiger partial charge is 0.489 e. The van der Waals surface area contributed by atoms with E-state index in [1.54, 1.807) is 48.5 Å². The second-order valence-electron chi connectivity index (χ2n) is 7.35. The molecule has 1 aromatic heterocycles. The minimum absolute atomic E-state index is 0.196. The van der Waals surface area contributed by atoms with Gasteiger partial charge in [0.25, 0.3) is 0 Å². The fraction of sp³-hybridized carbons (Fsp3) is 0.0769. The minimum Gasteiger partial charge on any atom is -0.489 e. The Bertz CT molecular complexity index is 1270. The molecule has 0 radical (unpaired) electrons. The number of carbonyl (C=O) groups is 1. The quantitative estimate of drug-likeness (QED) is 0.315. The number of aromatic amines is 1. The number of nitrogens with zero attached hydrogens (tertiary/aromatic N) is 1. The maximum absolute atomic E-state index is 13.4. The second kappa shape index (κ2) is 10.1. The van der Waals surface area contributed by atoms with Gasteiger partial charge in [-0.1, -0.05) is 72.8 Å². The predicted molar refractivity (Wildman–Crippen MR) is 124 cm³/mol. The van der Waals surface area contributed by atoms with Crippen LogP contribution in [0.1, 0.15) is 16.8 Å². The first-order valence-corrected chi connectivity index (χ1v) is 10.4. The van der Waals surface area contributed by atoms with Crippen molar-refractivity contribution in [2.45, 2.75) is 12.8 Å². The lowest BCUT2D eigenvalue weighted by Gasteiger charge is -2.09. The minimum atomic E-state index is -4.65. The van der Waals surface area contributed by atoms with Gasteiger partial charge in [0.1, 0.15) is 18.1 Å². The van der Waals surface area contributed by atoms with Crippen molar-refractivity contribution in [2.24, 2.45) is 0 Å². The number of H-pyrrole nitrogens is 1. The Labute approximate surface area is 193 Å². The Balaban J connectivity index is 1.43. The summed E-state index contributed by atoms with van der Waals surface area (Å²) in [4.78, 5) is 12.4. The van der Waals surface area contributed by atoms with Gasteiger partial charge in [-0.15, -0.1) is 0 Å². The predicted octanol–water partition coefficient (Wildman–Crippen LogP) is 6.33. The van der Waals surface area contributed by atoms with Crippen LogP contribution in [0.25, 0.3) is 17.2 Å². The van der Waals surface area contributed by atoms with Crippen LogP contribution in [0.5, 0.6) is 5.75 Å². The maximum Gasteiger partial charge on any atom is 0.433 e. The molecule has 172 valence electrons. The number of amides is 1. The number of benzene rings is 3. The van der Waals surface area contributed by atoms with Gasteiger partial charge in [-0.3, -0.25) is 9.89 Å². The highest BCUT2D eigenvalue weighted by Crippen LogP contribution is 2.39. The summed E-state index contributed by atoms with van der Waals surface area (Å²) in [5.74, 6) is -0.131. The first kappa shape index (κ1) is 22.8. The van der Waals surface area contributed by atoms with Crippen LogP contribution in [0.15, 0.2) is 91.0 Å². The van der Waals surface area contributed by atoms with Gasteiger partial charge in [0.15, 0.2) is 5.82 Å². The Kier molecular flexibility index (Phi) is 6.77. The molecule has 0 aliphatic rings. The molecule has 0 bridgehead atoms. The molecule has 0 spiro atoms. The van der Waals surface area contributed by atoms with E-state index in [4.69, 9.17) is 4.74 Å². The smallest absolute Gasteiger partial charge is 0.433 e. The zero-order chi connectivity index (χ0) is 24.0. The SMILES string of the molecule is O=C(/C=C/c1ccc(OCc2ccccc2)cc1)Nc1n[nH]c(C(F)(F)F)c1-c1ccccc1. The summed E-state index contributed by atoms with van der Waals surface area (Å²) in [7, 11) is 0. The average Bonchev–Trinajstić information content (AvgIpc) is 3.27. The molecule has 3 aromatic carbocycles. The van der Waals surface area contributed by atoms with Crippen molar-refractivity contribution in [2.75, 3.05) is 5.32 Å². The highest BCUT2D eigenvalue weighted by Gasteiger charge is 2.38. The van der Waals surface area contributed by atoms with Crippen molar-refractivity contribution in [3.05, 3.63) is 108 Å². The highest BCUT2D eigenvalue weighted by molar-refractivity contribution is 6.03. The van der Waals surface area contributed by atoms with Crippen molar-refractivity contribution in [3.8, 4) is 16.9 Å². The number of ether oxygens (including phenoxy) is 1. The van der Waals surface area contributed by atoms with Crippen molar-refractivity contribution in [3.63, 3.8) is 0 Å². The van der Waals surface area contributed by atoms with Crippen LogP contribution in [0.4, 0.5) is 19.0 Å². The molecule has 4 aromatic rings. The number of anilines is 1. The van der Waals surface area contributed by atoms with Gasteiger partial charge in [-0.2, -0.15) is 18.3 Å². The molecule has 0 saturated heterocycles.